The van der Waals surface area contributed by atoms with E-state index in [1.54, 1.807) is 12.1 Å². The number of hydrogen-bond donors (Lipinski definition) is 1. The van der Waals surface area contributed by atoms with Gasteiger partial charge in [-0.2, -0.15) is 11.8 Å². The fraction of sp³-hybridized carbons (Fsp3) is 0.462. The molecule has 0 saturated heterocycles. The zero-order valence-electron chi connectivity index (χ0n) is 10.5. The van der Waals surface area contributed by atoms with Crippen LogP contribution in [0.2, 0.25) is 0 Å². The van der Waals surface area contributed by atoms with Crippen molar-refractivity contribution in [2.75, 3.05) is 23.0 Å². The van der Waals surface area contributed by atoms with Gasteiger partial charge in [0.25, 0.3) is 0 Å². The minimum absolute atomic E-state index is 0.230. The number of benzene rings is 1. The highest BCUT2D eigenvalue weighted by molar-refractivity contribution is 7.99. The average Bonchev–Trinajstić information content (AvgIpc) is 2.72. The standard InChI is InChI=1S/C13H18FN3S/c1-2-18-8-7-12-9-16-13(15)17(12)11-5-3-10(14)4-6-11/h3-6,12H,2,7-9H2,1H3,(H2,15,16). The summed E-state index contributed by atoms with van der Waals surface area (Å²) in [5.74, 6) is 2.53. The zero-order valence-corrected chi connectivity index (χ0v) is 11.3. The van der Waals surface area contributed by atoms with E-state index < -0.39 is 0 Å². The van der Waals surface area contributed by atoms with E-state index >= 15 is 0 Å². The summed E-state index contributed by atoms with van der Waals surface area (Å²) in [5.41, 5.74) is 6.84. The van der Waals surface area contributed by atoms with Crippen LogP contribution < -0.4 is 10.6 Å². The second-order valence-electron chi connectivity index (χ2n) is 4.18. The molecule has 1 atom stereocenters. The van der Waals surface area contributed by atoms with Gasteiger partial charge in [0.15, 0.2) is 5.96 Å². The second-order valence-corrected chi connectivity index (χ2v) is 5.58. The van der Waals surface area contributed by atoms with Crippen molar-refractivity contribution in [2.45, 2.75) is 19.4 Å². The Balaban J connectivity index is 2.07. The molecule has 0 amide bonds. The number of anilines is 1. The van der Waals surface area contributed by atoms with Gasteiger partial charge in [-0.25, -0.2) is 4.39 Å². The van der Waals surface area contributed by atoms with Crippen LogP contribution in [0.4, 0.5) is 10.1 Å². The second kappa shape index (κ2) is 6.09. The minimum Gasteiger partial charge on any atom is -0.370 e. The van der Waals surface area contributed by atoms with Crippen LogP contribution in [-0.2, 0) is 0 Å². The lowest BCUT2D eigenvalue weighted by Gasteiger charge is -2.26. The van der Waals surface area contributed by atoms with Crippen LogP contribution >= 0.6 is 11.8 Å². The molecule has 1 aliphatic heterocycles. The van der Waals surface area contributed by atoms with E-state index in [-0.39, 0.29) is 5.82 Å². The first-order valence-electron chi connectivity index (χ1n) is 6.15. The molecule has 1 heterocycles. The first-order chi connectivity index (χ1) is 8.72. The Morgan fingerprint density at radius 1 is 1.44 bits per heavy atom. The Labute approximate surface area is 111 Å². The normalized spacial score (nSPS) is 19.1. The Bertz CT molecular complexity index is 419. The molecule has 0 radical (unpaired) electrons. The zero-order chi connectivity index (χ0) is 13.0. The SMILES string of the molecule is CCSCCC1CN=C(N)N1c1ccc(F)cc1. The third-order valence-corrected chi connectivity index (χ3v) is 3.91. The molecule has 5 heteroatoms. The summed E-state index contributed by atoms with van der Waals surface area (Å²) in [6, 6.07) is 6.72. The van der Waals surface area contributed by atoms with Crippen LogP contribution in [0.5, 0.6) is 0 Å². The summed E-state index contributed by atoms with van der Waals surface area (Å²) >= 11 is 1.92. The molecular weight excluding hydrogens is 249 g/mol. The summed E-state index contributed by atoms with van der Waals surface area (Å²) < 4.78 is 12.9. The summed E-state index contributed by atoms with van der Waals surface area (Å²) in [6.07, 6.45) is 1.04. The molecule has 1 aromatic rings. The van der Waals surface area contributed by atoms with E-state index in [0.29, 0.717) is 12.0 Å². The quantitative estimate of drug-likeness (QED) is 0.833. The monoisotopic (exact) mass is 267 g/mol. The molecular formula is C13H18FN3S. The molecule has 1 aliphatic rings. The topological polar surface area (TPSA) is 41.6 Å². The lowest BCUT2D eigenvalue weighted by Crippen LogP contribution is -2.41. The average molecular weight is 267 g/mol. The van der Waals surface area contributed by atoms with Gasteiger partial charge in [-0.05, 0) is 42.2 Å². The summed E-state index contributed by atoms with van der Waals surface area (Å²) in [4.78, 5) is 6.30. The highest BCUT2D eigenvalue weighted by atomic mass is 32.2. The van der Waals surface area contributed by atoms with Crippen molar-refractivity contribution in [2.24, 2.45) is 10.7 Å². The third kappa shape index (κ3) is 2.96. The number of halogens is 1. The van der Waals surface area contributed by atoms with Crippen molar-refractivity contribution < 1.29 is 4.39 Å². The van der Waals surface area contributed by atoms with Crippen LogP contribution in [0.3, 0.4) is 0 Å². The van der Waals surface area contributed by atoms with E-state index in [2.05, 4.69) is 11.9 Å². The molecule has 0 bridgehead atoms. The summed E-state index contributed by atoms with van der Waals surface area (Å²) in [5, 5.41) is 0. The number of nitrogens with two attached hydrogens (primary N) is 1. The van der Waals surface area contributed by atoms with Gasteiger partial charge in [-0.1, -0.05) is 6.92 Å². The van der Waals surface area contributed by atoms with Gasteiger partial charge in [-0.3, -0.25) is 4.99 Å². The van der Waals surface area contributed by atoms with Crippen molar-refractivity contribution in [3.05, 3.63) is 30.1 Å². The van der Waals surface area contributed by atoms with Crippen molar-refractivity contribution in [3.63, 3.8) is 0 Å². The van der Waals surface area contributed by atoms with Gasteiger partial charge in [0.2, 0.25) is 0 Å². The van der Waals surface area contributed by atoms with E-state index in [1.807, 2.05) is 16.7 Å². The Morgan fingerprint density at radius 3 is 2.83 bits per heavy atom. The van der Waals surface area contributed by atoms with Gasteiger partial charge in [0.1, 0.15) is 5.82 Å². The summed E-state index contributed by atoms with van der Waals surface area (Å²) in [6.45, 7) is 2.88. The van der Waals surface area contributed by atoms with Crippen LogP contribution in [0, 0.1) is 5.82 Å². The van der Waals surface area contributed by atoms with Gasteiger partial charge in [0, 0.05) is 5.69 Å². The van der Waals surface area contributed by atoms with E-state index in [9.17, 15) is 4.39 Å². The Kier molecular flexibility index (Phi) is 4.47. The molecule has 0 aliphatic carbocycles. The molecule has 18 heavy (non-hydrogen) atoms. The van der Waals surface area contributed by atoms with E-state index in [1.165, 1.54) is 12.1 Å². The largest absolute Gasteiger partial charge is 0.370 e. The van der Waals surface area contributed by atoms with Crippen LogP contribution in [-0.4, -0.2) is 30.1 Å². The molecule has 0 saturated carbocycles. The number of thioether (sulfide) groups is 1. The minimum atomic E-state index is -0.230. The first kappa shape index (κ1) is 13.2. The predicted molar refractivity (Wildman–Crippen MR) is 76.8 cm³/mol. The Morgan fingerprint density at radius 2 is 2.17 bits per heavy atom. The maximum Gasteiger partial charge on any atom is 0.196 e. The Hall–Kier alpha value is -1.23. The molecule has 3 nitrogen and oxygen atoms in total. The van der Waals surface area contributed by atoms with Crippen molar-refractivity contribution in [3.8, 4) is 0 Å². The predicted octanol–water partition coefficient (Wildman–Crippen LogP) is 2.47. The van der Waals surface area contributed by atoms with Crippen LogP contribution in [0.1, 0.15) is 13.3 Å². The third-order valence-electron chi connectivity index (χ3n) is 2.98. The summed E-state index contributed by atoms with van der Waals surface area (Å²) in [7, 11) is 0. The van der Waals surface area contributed by atoms with Crippen molar-refractivity contribution in [1.82, 2.24) is 0 Å². The molecule has 0 fully saturated rings. The fourth-order valence-electron chi connectivity index (χ4n) is 2.07. The van der Waals surface area contributed by atoms with Gasteiger partial charge < -0.3 is 10.6 Å². The number of rotatable bonds is 5. The fourth-order valence-corrected chi connectivity index (χ4v) is 2.80. The van der Waals surface area contributed by atoms with Gasteiger partial charge in [0.05, 0.1) is 12.6 Å². The molecule has 0 aromatic heterocycles. The molecule has 2 rings (SSSR count). The lowest BCUT2D eigenvalue weighted by atomic mass is 10.2. The number of nitrogens with zero attached hydrogens (tertiary/aromatic N) is 2. The highest BCUT2D eigenvalue weighted by Crippen LogP contribution is 2.23. The van der Waals surface area contributed by atoms with Crippen LogP contribution in [0.25, 0.3) is 0 Å². The maximum atomic E-state index is 12.9. The molecule has 0 spiro atoms. The molecule has 2 N–H and O–H groups in total. The van der Waals surface area contributed by atoms with E-state index in [0.717, 1.165) is 30.2 Å². The number of guanidine groups is 1. The van der Waals surface area contributed by atoms with Gasteiger partial charge in [-0.15, -0.1) is 0 Å². The molecule has 1 aromatic carbocycles. The molecule has 1 unspecified atom stereocenters. The van der Waals surface area contributed by atoms with Crippen molar-refractivity contribution in [1.29, 1.82) is 0 Å². The lowest BCUT2D eigenvalue weighted by molar-refractivity contribution is 0.627. The van der Waals surface area contributed by atoms with Gasteiger partial charge >= 0.3 is 0 Å². The van der Waals surface area contributed by atoms with E-state index in [4.69, 9.17) is 5.73 Å². The first-order valence-corrected chi connectivity index (χ1v) is 7.30. The smallest absolute Gasteiger partial charge is 0.196 e. The van der Waals surface area contributed by atoms with Crippen molar-refractivity contribution >= 4 is 23.4 Å². The maximum absolute atomic E-state index is 12.9. The molecule has 98 valence electrons. The highest BCUT2D eigenvalue weighted by Gasteiger charge is 2.26. The number of aliphatic imine (C=N–C) groups is 1. The van der Waals surface area contributed by atoms with Crippen LogP contribution in [0.15, 0.2) is 29.3 Å². The number of hydrogen-bond acceptors (Lipinski definition) is 4.